The van der Waals surface area contributed by atoms with Gasteiger partial charge in [-0.15, -0.1) is 0 Å². The second-order valence-electron chi connectivity index (χ2n) is 3.40. The molecule has 0 heterocycles. The lowest BCUT2D eigenvalue weighted by atomic mass is 10.1. The number of halogens is 1. The Morgan fingerprint density at radius 2 is 2.25 bits per heavy atom. The third-order valence-electron chi connectivity index (χ3n) is 2.12. The van der Waals surface area contributed by atoms with Crippen LogP contribution in [0.1, 0.15) is 25.5 Å². The second-order valence-corrected chi connectivity index (χ2v) is 5.71. The lowest BCUT2D eigenvalue weighted by molar-refractivity contribution is 0.192. The normalized spacial score (nSPS) is 12.5. The highest BCUT2D eigenvalue weighted by molar-refractivity contribution is 9.10. The zero-order chi connectivity index (χ0) is 12.0. The van der Waals surface area contributed by atoms with Crippen LogP contribution in [0, 0.1) is 0 Å². The highest BCUT2D eigenvalue weighted by atomic mass is 79.9. The van der Waals surface area contributed by atoms with E-state index in [2.05, 4.69) is 22.9 Å². The highest BCUT2D eigenvalue weighted by Gasteiger charge is 2.09. The van der Waals surface area contributed by atoms with E-state index in [0.717, 1.165) is 27.3 Å². The summed E-state index contributed by atoms with van der Waals surface area (Å²) in [6.07, 6.45) is -0.498. The number of benzene rings is 1. The van der Waals surface area contributed by atoms with Gasteiger partial charge in [0.2, 0.25) is 0 Å². The van der Waals surface area contributed by atoms with Crippen molar-refractivity contribution in [2.75, 3.05) is 18.1 Å². The van der Waals surface area contributed by atoms with E-state index in [0.29, 0.717) is 6.61 Å². The van der Waals surface area contributed by atoms with Crippen LogP contribution in [-0.4, -0.2) is 23.2 Å². The SMILES string of the molecule is CCSCCOc1cc(Br)ccc1C(C)O. The van der Waals surface area contributed by atoms with E-state index in [4.69, 9.17) is 4.74 Å². The van der Waals surface area contributed by atoms with E-state index in [-0.39, 0.29) is 0 Å². The molecular weight excluding hydrogens is 288 g/mol. The van der Waals surface area contributed by atoms with Gasteiger partial charge in [0.05, 0.1) is 12.7 Å². The molecular formula is C12H17BrO2S. The summed E-state index contributed by atoms with van der Waals surface area (Å²) in [5.74, 6) is 2.84. The maximum absolute atomic E-state index is 9.60. The van der Waals surface area contributed by atoms with Gasteiger partial charge in [0.1, 0.15) is 5.75 Å². The molecule has 0 aliphatic rings. The first kappa shape index (κ1) is 13.9. The van der Waals surface area contributed by atoms with Crippen molar-refractivity contribution in [1.29, 1.82) is 0 Å². The van der Waals surface area contributed by atoms with Crippen molar-refractivity contribution in [2.24, 2.45) is 0 Å². The van der Waals surface area contributed by atoms with E-state index in [1.807, 2.05) is 30.0 Å². The maximum Gasteiger partial charge on any atom is 0.126 e. The van der Waals surface area contributed by atoms with Crippen LogP contribution in [0.25, 0.3) is 0 Å². The number of hydrogen-bond donors (Lipinski definition) is 1. The van der Waals surface area contributed by atoms with Gasteiger partial charge in [-0.2, -0.15) is 11.8 Å². The van der Waals surface area contributed by atoms with E-state index in [9.17, 15) is 5.11 Å². The average Bonchev–Trinajstić information content (AvgIpc) is 2.24. The zero-order valence-corrected chi connectivity index (χ0v) is 12.0. The summed E-state index contributed by atoms with van der Waals surface area (Å²) < 4.78 is 6.64. The van der Waals surface area contributed by atoms with E-state index in [1.165, 1.54) is 0 Å². The van der Waals surface area contributed by atoms with Crippen molar-refractivity contribution in [1.82, 2.24) is 0 Å². The number of rotatable bonds is 6. The Bertz CT molecular complexity index is 329. The molecule has 90 valence electrons. The molecule has 1 atom stereocenters. The van der Waals surface area contributed by atoms with Crippen LogP contribution in [0.15, 0.2) is 22.7 Å². The molecule has 1 aromatic rings. The summed E-state index contributed by atoms with van der Waals surface area (Å²) in [7, 11) is 0. The Labute approximate surface area is 110 Å². The minimum atomic E-state index is -0.498. The van der Waals surface area contributed by atoms with Gasteiger partial charge < -0.3 is 9.84 Å². The molecule has 0 radical (unpaired) electrons. The minimum absolute atomic E-state index is 0.498. The number of hydrogen-bond acceptors (Lipinski definition) is 3. The van der Waals surface area contributed by atoms with Gasteiger partial charge in [0.15, 0.2) is 0 Å². The summed E-state index contributed by atoms with van der Waals surface area (Å²) in [4.78, 5) is 0. The lowest BCUT2D eigenvalue weighted by Crippen LogP contribution is -2.04. The molecule has 0 bridgehead atoms. The van der Waals surface area contributed by atoms with Crippen LogP contribution in [-0.2, 0) is 0 Å². The van der Waals surface area contributed by atoms with Crippen LogP contribution in [0.4, 0.5) is 0 Å². The molecule has 0 fully saturated rings. The molecule has 1 aromatic carbocycles. The molecule has 0 spiro atoms. The van der Waals surface area contributed by atoms with Gasteiger partial charge in [-0.3, -0.25) is 0 Å². The number of aliphatic hydroxyl groups excluding tert-OH is 1. The first-order valence-electron chi connectivity index (χ1n) is 5.33. The molecule has 2 nitrogen and oxygen atoms in total. The summed E-state index contributed by atoms with van der Waals surface area (Å²) in [5.41, 5.74) is 0.838. The fourth-order valence-electron chi connectivity index (χ4n) is 1.33. The van der Waals surface area contributed by atoms with Gasteiger partial charge in [-0.25, -0.2) is 0 Å². The van der Waals surface area contributed by atoms with Crippen LogP contribution in [0.5, 0.6) is 5.75 Å². The van der Waals surface area contributed by atoms with Gasteiger partial charge in [-0.1, -0.05) is 28.9 Å². The molecule has 0 aliphatic heterocycles. The fourth-order valence-corrected chi connectivity index (χ4v) is 2.16. The molecule has 0 aromatic heterocycles. The molecule has 0 aliphatic carbocycles. The fraction of sp³-hybridized carbons (Fsp3) is 0.500. The number of aliphatic hydroxyl groups is 1. The van der Waals surface area contributed by atoms with E-state index < -0.39 is 6.10 Å². The first-order valence-corrected chi connectivity index (χ1v) is 7.28. The van der Waals surface area contributed by atoms with Crippen molar-refractivity contribution >= 4 is 27.7 Å². The average molecular weight is 305 g/mol. The Kier molecular flexibility index (Phi) is 6.24. The second kappa shape index (κ2) is 7.20. The molecule has 0 saturated carbocycles. The number of thioether (sulfide) groups is 1. The maximum atomic E-state index is 9.60. The minimum Gasteiger partial charge on any atom is -0.492 e. The van der Waals surface area contributed by atoms with Crippen LogP contribution < -0.4 is 4.74 Å². The Morgan fingerprint density at radius 1 is 1.50 bits per heavy atom. The van der Waals surface area contributed by atoms with Gasteiger partial charge in [0, 0.05) is 15.8 Å². The van der Waals surface area contributed by atoms with Crippen molar-refractivity contribution in [3.8, 4) is 5.75 Å². The summed E-state index contributed by atoms with van der Waals surface area (Å²) in [5, 5.41) is 9.60. The van der Waals surface area contributed by atoms with Gasteiger partial charge in [-0.05, 0) is 24.8 Å². The Morgan fingerprint density at radius 3 is 2.88 bits per heavy atom. The number of ether oxygens (including phenoxy) is 1. The molecule has 16 heavy (non-hydrogen) atoms. The largest absolute Gasteiger partial charge is 0.492 e. The first-order chi connectivity index (χ1) is 7.65. The molecule has 4 heteroatoms. The Balaban J connectivity index is 2.65. The molecule has 1 rings (SSSR count). The van der Waals surface area contributed by atoms with E-state index in [1.54, 1.807) is 6.92 Å². The Hall–Kier alpha value is -0.190. The van der Waals surface area contributed by atoms with Crippen LogP contribution >= 0.6 is 27.7 Å². The summed E-state index contributed by atoms with van der Waals surface area (Å²) in [6.45, 7) is 4.55. The van der Waals surface area contributed by atoms with E-state index >= 15 is 0 Å². The van der Waals surface area contributed by atoms with Gasteiger partial charge >= 0.3 is 0 Å². The predicted molar refractivity (Wildman–Crippen MR) is 73.3 cm³/mol. The molecule has 0 saturated heterocycles. The van der Waals surface area contributed by atoms with Crippen molar-refractivity contribution < 1.29 is 9.84 Å². The summed E-state index contributed by atoms with van der Waals surface area (Å²) >= 11 is 5.25. The smallest absolute Gasteiger partial charge is 0.126 e. The molecule has 1 unspecified atom stereocenters. The van der Waals surface area contributed by atoms with Crippen LogP contribution in [0.3, 0.4) is 0 Å². The standard InChI is InChI=1S/C12H17BrO2S/c1-3-16-7-6-15-12-8-10(13)4-5-11(12)9(2)14/h4-5,8-9,14H,3,6-7H2,1-2H3. The highest BCUT2D eigenvalue weighted by Crippen LogP contribution is 2.28. The van der Waals surface area contributed by atoms with Gasteiger partial charge in [0.25, 0.3) is 0 Å². The van der Waals surface area contributed by atoms with Crippen molar-refractivity contribution in [3.05, 3.63) is 28.2 Å². The van der Waals surface area contributed by atoms with Crippen LogP contribution in [0.2, 0.25) is 0 Å². The molecule has 1 N–H and O–H groups in total. The molecule has 0 amide bonds. The van der Waals surface area contributed by atoms with Crippen molar-refractivity contribution in [2.45, 2.75) is 20.0 Å². The monoisotopic (exact) mass is 304 g/mol. The third-order valence-corrected chi connectivity index (χ3v) is 3.47. The predicted octanol–water partition coefficient (Wildman–Crippen LogP) is 3.63. The van der Waals surface area contributed by atoms with Crippen molar-refractivity contribution in [3.63, 3.8) is 0 Å². The topological polar surface area (TPSA) is 29.5 Å². The zero-order valence-electron chi connectivity index (χ0n) is 9.57. The quantitative estimate of drug-likeness (QED) is 0.814. The summed E-state index contributed by atoms with van der Waals surface area (Å²) in [6, 6.07) is 5.70. The lowest BCUT2D eigenvalue weighted by Gasteiger charge is -2.13. The third kappa shape index (κ3) is 4.36.